The number of hydrogen-bond donors (Lipinski definition) is 0. The lowest BCUT2D eigenvalue weighted by Crippen LogP contribution is -2.47. The summed E-state index contributed by atoms with van der Waals surface area (Å²) >= 11 is 0. The number of morpholine rings is 1. The second kappa shape index (κ2) is 6.65. The highest BCUT2D eigenvalue weighted by Gasteiger charge is 2.24. The highest BCUT2D eigenvalue weighted by atomic mass is 19.1. The van der Waals surface area contributed by atoms with Crippen molar-refractivity contribution in [3.8, 4) is 5.75 Å². The first-order chi connectivity index (χ1) is 9.60. The van der Waals surface area contributed by atoms with E-state index < -0.39 is 11.6 Å². The number of carbonyl (C=O) groups excluding carboxylic acids is 1. The van der Waals surface area contributed by atoms with Crippen LogP contribution in [0.1, 0.15) is 13.3 Å². The van der Waals surface area contributed by atoms with Gasteiger partial charge in [-0.3, -0.25) is 4.79 Å². The van der Waals surface area contributed by atoms with E-state index >= 15 is 0 Å². The van der Waals surface area contributed by atoms with Gasteiger partial charge < -0.3 is 14.4 Å². The molecule has 4 nitrogen and oxygen atoms in total. The van der Waals surface area contributed by atoms with Gasteiger partial charge in [0.2, 0.25) is 5.91 Å². The lowest BCUT2D eigenvalue weighted by molar-refractivity contribution is -0.139. The summed E-state index contributed by atoms with van der Waals surface area (Å²) in [6, 6.07) is 3.14. The zero-order chi connectivity index (χ0) is 14.5. The lowest BCUT2D eigenvalue weighted by atomic mass is 10.2. The van der Waals surface area contributed by atoms with Crippen molar-refractivity contribution in [1.82, 2.24) is 4.90 Å². The van der Waals surface area contributed by atoms with Gasteiger partial charge in [0.25, 0.3) is 0 Å². The maximum absolute atomic E-state index is 13.4. The van der Waals surface area contributed by atoms with E-state index in [1.165, 1.54) is 6.07 Å². The SMILES string of the molecule is CCC(=O)N1CCOC(COc2ccc(F)cc2F)C1. The van der Waals surface area contributed by atoms with E-state index in [-0.39, 0.29) is 24.4 Å². The number of hydrogen-bond acceptors (Lipinski definition) is 3. The predicted octanol–water partition coefficient (Wildman–Crippen LogP) is 1.98. The molecule has 1 aromatic carbocycles. The summed E-state index contributed by atoms with van der Waals surface area (Å²) < 4.78 is 36.9. The number of ether oxygens (including phenoxy) is 2. The number of benzene rings is 1. The Balaban J connectivity index is 1.88. The van der Waals surface area contributed by atoms with Gasteiger partial charge in [0.15, 0.2) is 11.6 Å². The zero-order valence-electron chi connectivity index (χ0n) is 11.3. The topological polar surface area (TPSA) is 38.8 Å². The van der Waals surface area contributed by atoms with Crippen molar-refractivity contribution in [3.05, 3.63) is 29.8 Å². The Morgan fingerprint density at radius 2 is 2.30 bits per heavy atom. The van der Waals surface area contributed by atoms with E-state index in [4.69, 9.17) is 9.47 Å². The summed E-state index contributed by atoms with van der Waals surface area (Å²) in [4.78, 5) is 13.3. The molecule has 0 aliphatic carbocycles. The number of rotatable bonds is 4. The quantitative estimate of drug-likeness (QED) is 0.849. The average Bonchev–Trinajstić information content (AvgIpc) is 2.46. The monoisotopic (exact) mass is 285 g/mol. The van der Waals surface area contributed by atoms with Crippen LogP contribution in [0.4, 0.5) is 8.78 Å². The first-order valence-electron chi connectivity index (χ1n) is 6.57. The van der Waals surface area contributed by atoms with Crippen molar-refractivity contribution in [3.63, 3.8) is 0 Å². The summed E-state index contributed by atoms with van der Waals surface area (Å²) in [5.74, 6) is -1.36. The molecule has 2 rings (SSSR count). The largest absolute Gasteiger partial charge is 0.488 e. The Bertz CT molecular complexity index is 481. The van der Waals surface area contributed by atoms with E-state index in [2.05, 4.69) is 0 Å². The van der Waals surface area contributed by atoms with E-state index in [0.717, 1.165) is 12.1 Å². The van der Waals surface area contributed by atoms with Crippen LogP contribution < -0.4 is 4.74 Å². The van der Waals surface area contributed by atoms with Crippen LogP contribution in [-0.4, -0.2) is 43.2 Å². The summed E-state index contributed by atoms with van der Waals surface area (Å²) in [6.07, 6.45) is 0.142. The first kappa shape index (κ1) is 14.7. The molecule has 0 radical (unpaired) electrons. The van der Waals surface area contributed by atoms with Gasteiger partial charge in [0, 0.05) is 19.0 Å². The Morgan fingerprint density at radius 3 is 3.00 bits per heavy atom. The van der Waals surface area contributed by atoms with Crippen LogP contribution in [0.15, 0.2) is 18.2 Å². The van der Waals surface area contributed by atoms with Crippen LogP contribution in [0.5, 0.6) is 5.75 Å². The van der Waals surface area contributed by atoms with Crippen molar-refractivity contribution >= 4 is 5.91 Å². The second-order valence-corrected chi connectivity index (χ2v) is 4.57. The van der Waals surface area contributed by atoms with Crippen LogP contribution >= 0.6 is 0 Å². The maximum atomic E-state index is 13.4. The molecular formula is C14H17F2NO3. The molecule has 0 saturated carbocycles. The normalized spacial score (nSPS) is 18.9. The number of halogens is 2. The van der Waals surface area contributed by atoms with Gasteiger partial charge >= 0.3 is 0 Å². The number of amides is 1. The Hall–Kier alpha value is -1.69. The number of carbonyl (C=O) groups is 1. The third-order valence-corrected chi connectivity index (χ3v) is 3.11. The van der Waals surface area contributed by atoms with E-state index in [9.17, 15) is 13.6 Å². The Morgan fingerprint density at radius 1 is 1.50 bits per heavy atom. The fourth-order valence-electron chi connectivity index (χ4n) is 2.05. The fourth-order valence-corrected chi connectivity index (χ4v) is 2.05. The van der Waals surface area contributed by atoms with Gasteiger partial charge in [-0.05, 0) is 12.1 Å². The minimum absolute atomic E-state index is 0.0195. The molecule has 1 aliphatic rings. The molecule has 0 bridgehead atoms. The van der Waals surface area contributed by atoms with Crippen molar-refractivity contribution in [2.45, 2.75) is 19.4 Å². The molecule has 6 heteroatoms. The van der Waals surface area contributed by atoms with Gasteiger partial charge in [-0.2, -0.15) is 0 Å². The molecule has 1 saturated heterocycles. The number of nitrogens with zero attached hydrogens (tertiary/aromatic N) is 1. The van der Waals surface area contributed by atoms with Gasteiger partial charge in [-0.25, -0.2) is 8.78 Å². The third kappa shape index (κ3) is 3.66. The molecule has 1 aliphatic heterocycles. The highest BCUT2D eigenvalue weighted by molar-refractivity contribution is 5.75. The van der Waals surface area contributed by atoms with Crippen LogP contribution in [0, 0.1) is 11.6 Å². The van der Waals surface area contributed by atoms with E-state index in [1.54, 1.807) is 11.8 Å². The highest BCUT2D eigenvalue weighted by Crippen LogP contribution is 2.18. The fraction of sp³-hybridized carbons (Fsp3) is 0.500. The van der Waals surface area contributed by atoms with Crippen molar-refractivity contribution in [2.24, 2.45) is 0 Å². The summed E-state index contributed by atoms with van der Waals surface area (Å²) in [5, 5.41) is 0. The van der Waals surface area contributed by atoms with Crippen LogP contribution in [0.3, 0.4) is 0 Å². The van der Waals surface area contributed by atoms with Crippen LogP contribution in [-0.2, 0) is 9.53 Å². The van der Waals surface area contributed by atoms with Crippen molar-refractivity contribution < 1.29 is 23.0 Å². The van der Waals surface area contributed by atoms with E-state index in [1.807, 2.05) is 0 Å². The molecule has 1 amide bonds. The molecule has 20 heavy (non-hydrogen) atoms. The summed E-state index contributed by atoms with van der Waals surface area (Å²) in [6.45, 7) is 3.35. The lowest BCUT2D eigenvalue weighted by Gasteiger charge is -2.32. The minimum atomic E-state index is -0.748. The smallest absolute Gasteiger partial charge is 0.222 e. The van der Waals surface area contributed by atoms with Crippen molar-refractivity contribution in [2.75, 3.05) is 26.3 Å². The maximum Gasteiger partial charge on any atom is 0.222 e. The molecule has 1 unspecified atom stereocenters. The zero-order valence-corrected chi connectivity index (χ0v) is 11.3. The summed E-state index contributed by atoms with van der Waals surface area (Å²) in [5.41, 5.74) is 0. The Labute approximate surface area is 116 Å². The molecule has 0 aromatic heterocycles. The summed E-state index contributed by atoms with van der Waals surface area (Å²) in [7, 11) is 0. The second-order valence-electron chi connectivity index (χ2n) is 4.57. The molecule has 1 heterocycles. The Kier molecular flexibility index (Phi) is 4.89. The van der Waals surface area contributed by atoms with Crippen molar-refractivity contribution in [1.29, 1.82) is 0 Å². The van der Waals surface area contributed by atoms with Gasteiger partial charge in [-0.15, -0.1) is 0 Å². The molecule has 0 N–H and O–H groups in total. The van der Waals surface area contributed by atoms with Gasteiger partial charge in [-0.1, -0.05) is 6.92 Å². The minimum Gasteiger partial charge on any atom is -0.488 e. The average molecular weight is 285 g/mol. The molecule has 110 valence electrons. The van der Waals surface area contributed by atoms with Gasteiger partial charge in [0.05, 0.1) is 13.2 Å². The molecular weight excluding hydrogens is 268 g/mol. The van der Waals surface area contributed by atoms with Crippen LogP contribution in [0.2, 0.25) is 0 Å². The van der Waals surface area contributed by atoms with Gasteiger partial charge in [0.1, 0.15) is 18.5 Å². The van der Waals surface area contributed by atoms with E-state index in [0.29, 0.717) is 26.1 Å². The third-order valence-electron chi connectivity index (χ3n) is 3.11. The molecule has 0 spiro atoms. The molecule has 1 fully saturated rings. The van der Waals surface area contributed by atoms with Crippen LogP contribution in [0.25, 0.3) is 0 Å². The molecule has 1 aromatic rings. The first-order valence-corrected chi connectivity index (χ1v) is 6.57. The predicted molar refractivity (Wildman–Crippen MR) is 68.5 cm³/mol. The standard InChI is InChI=1S/C14H17F2NO3/c1-2-14(18)17-5-6-19-11(8-17)9-20-13-4-3-10(15)7-12(13)16/h3-4,7,11H,2,5-6,8-9H2,1H3. The molecule has 1 atom stereocenters.